The van der Waals surface area contributed by atoms with Gasteiger partial charge < -0.3 is 19.3 Å². The second kappa shape index (κ2) is 10.2. The summed E-state index contributed by atoms with van der Waals surface area (Å²) in [6, 6.07) is 7.51. The summed E-state index contributed by atoms with van der Waals surface area (Å²) in [4.78, 5) is 31.6. The van der Waals surface area contributed by atoms with E-state index >= 15 is 0 Å². The first-order valence-electron chi connectivity index (χ1n) is 9.69. The van der Waals surface area contributed by atoms with E-state index in [2.05, 4.69) is 4.98 Å². The van der Waals surface area contributed by atoms with Crippen molar-refractivity contribution in [2.45, 2.75) is 12.8 Å². The van der Waals surface area contributed by atoms with E-state index in [4.69, 9.17) is 21.1 Å². The van der Waals surface area contributed by atoms with Gasteiger partial charge in [-0.1, -0.05) is 23.7 Å². The largest absolute Gasteiger partial charge is 0.452 e. The van der Waals surface area contributed by atoms with E-state index in [1.54, 1.807) is 36.3 Å². The van der Waals surface area contributed by atoms with Gasteiger partial charge in [0, 0.05) is 39.5 Å². The quantitative estimate of drug-likeness (QED) is 0.601. The van der Waals surface area contributed by atoms with Crippen molar-refractivity contribution in [3.05, 3.63) is 58.2 Å². The highest BCUT2D eigenvalue weighted by molar-refractivity contribution is 6.33. The third-order valence-corrected chi connectivity index (χ3v) is 5.19. The Morgan fingerprint density at radius 3 is 2.34 bits per heavy atom. The average Bonchev–Trinajstić information content (AvgIpc) is 2.77. The number of methoxy groups -OCH3 is 1. The molecule has 3 rings (SSSR count). The number of rotatable bonds is 6. The Bertz CT molecular complexity index is 962. The molecule has 0 unspecified atom stereocenters. The number of pyridine rings is 1. The molecular weight excluding hydrogens is 451 g/mol. The van der Waals surface area contributed by atoms with Gasteiger partial charge in [0.25, 0.3) is 5.91 Å². The Hall–Kier alpha value is -2.85. The highest BCUT2D eigenvalue weighted by Gasteiger charge is 2.32. The van der Waals surface area contributed by atoms with E-state index in [0.717, 1.165) is 17.8 Å². The van der Waals surface area contributed by atoms with Crippen molar-refractivity contribution >= 4 is 29.3 Å². The lowest BCUT2D eigenvalue weighted by atomic mass is 10.1. The molecule has 2 aromatic rings. The molecule has 172 valence electrons. The van der Waals surface area contributed by atoms with Crippen LogP contribution in [0, 0.1) is 0 Å². The van der Waals surface area contributed by atoms with Crippen molar-refractivity contribution in [1.29, 1.82) is 0 Å². The molecule has 1 aliphatic rings. The summed E-state index contributed by atoms with van der Waals surface area (Å²) in [6.07, 6.45) is -3.79. The first-order valence-corrected chi connectivity index (χ1v) is 10.1. The van der Waals surface area contributed by atoms with Crippen LogP contribution < -0.4 is 4.90 Å². The van der Waals surface area contributed by atoms with Crippen LogP contribution in [0.3, 0.4) is 0 Å². The van der Waals surface area contributed by atoms with Gasteiger partial charge in [0.1, 0.15) is 5.82 Å². The molecule has 0 radical (unpaired) electrons. The van der Waals surface area contributed by atoms with Crippen LogP contribution in [-0.4, -0.2) is 61.7 Å². The molecule has 2 heterocycles. The van der Waals surface area contributed by atoms with Crippen molar-refractivity contribution in [3.8, 4) is 0 Å². The SMILES string of the molecule is COCc1ccc(C(=O)OCC(=O)N2CCN(c3ncc(C(F)(F)F)cc3Cl)CC2)cc1. The van der Waals surface area contributed by atoms with Crippen LogP contribution in [0.4, 0.5) is 19.0 Å². The van der Waals surface area contributed by atoms with E-state index in [9.17, 15) is 22.8 Å². The number of alkyl halides is 3. The number of carbonyl (C=O) groups is 2. The highest BCUT2D eigenvalue weighted by atomic mass is 35.5. The Morgan fingerprint density at radius 2 is 1.78 bits per heavy atom. The zero-order valence-electron chi connectivity index (χ0n) is 17.2. The van der Waals surface area contributed by atoms with Crippen LogP contribution in [0.1, 0.15) is 21.5 Å². The second-order valence-electron chi connectivity index (χ2n) is 7.10. The number of hydrogen-bond donors (Lipinski definition) is 0. The molecule has 11 heteroatoms. The number of anilines is 1. The molecule has 1 aromatic heterocycles. The number of aromatic nitrogens is 1. The number of carbonyl (C=O) groups excluding carboxylic acids is 2. The summed E-state index contributed by atoms with van der Waals surface area (Å²) in [6.45, 7) is 1.27. The third kappa shape index (κ3) is 5.89. The molecule has 1 aromatic carbocycles. The van der Waals surface area contributed by atoms with Gasteiger partial charge in [0.05, 0.1) is 22.8 Å². The smallest absolute Gasteiger partial charge is 0.417 e. The molecule has 1 aliphatic heterocycles. The number of hydrogen-bond acceptors (Lipinski definition) is 6. The molecule has 0 aliphatic carbocycles. The van der Waals surface area contributed by atoms with Crippen molar-refractivity contribution in [1.82, 2.24) is 9.88 Å². The second-order valence-corrected chi connectivity index (χ2v) is 7.51. The number of piperazine rings is 1. The van der Waals surface area contributed by atoms with Crippen LogP contribution in [0.2, 0.25) is 5.02 Å². The van der Waals surface area contributed by atoms with Gasteiger partial charge in [-0.2, -0.15) is 13.2 Å². The summed E-state index contributed by atoms with van der Waals surface area (Å²) in [7, 11) is 1.57. The first-order chi connectivity index (χ1) is 15.2. The molecule has 0 bridgehead atoms. The molecule has 7 nitrogen and oxygen atoms in total. The number of halogens is 4. The summed E-state index contributed by atoms with van der Waals surface area (Å²) >= 11 is 5.99. The molecule has 0 N–H and O–H groups in total. The first kappa shape index (κ1) is 23.8. The topological polar surface area (TPSA) is 72.0 Å². The lowest BCUT2D eigenvalue weighted by Gasteiger charge is -2.35. The lowest BCUT2D eigenvalue weighted by Crippen LogP contribution is -2.50. The Balaban J connectivity index is 1.49. The molecule has 32 heavy (non-hydrogen) atoms. The van der Waals surface area contributed by atoms with Crippen molar-refractivity contribution < 1.29 is 32.2 Å². The molecule has 1 saturated heterocycles. The number of nitrogens with zero attached hydrogens (tertiary/aromatic N) is 3. The Labute approximate surface area is 187 Å². The molecule has 0 atom stereocenters. The molecule has 0 saturated carbocycles. The fourth-order valence-electron chi connectivity index (χ4n) is 3.19. The normalized spacial score (nSPS) is 14.4. The number of benzene rings is 1. The van der Waals surface area contributed by atoms with Crippen LogP contribution in [0.5, 0.6) is 0 Å². The standard InChI is InChI=1S/C21H21ClF3N3O4/c1-31-12-14-2-4-15(5-3-14)20(30)32-13-18(29)27-6-8-28(9-7-27)19-17(22)10-16(11-26-19)21(23,24)25/h2-5,10-11H,6-9,12-13H2,1H3. The van der Waals surface area contributed by atoms with Gasteiger partial charge in [-0.3, -0.25) is 4.79 Å². The average molecular weight is 472 g/mol. The summed E-state index contributed by atoms with van der Waals surface area (Å²) in [5, 5.41) is -0.106. The minimum Gasteiger partial charge on any atom is -0.452 e. The van der Waals surface area contributed by atoms with Crippen molar-refractivity contribution in [2.75, 3.05) is 44.8 Å². The lowest BCUT2D eigenvalue weighted by molar-refractivity contribution is -0.138. The Kier molecular flexibility index (Phi) is 7.57. The Morgan fingerprint density at radius 1 is 1.12 bits per heavy atom. The van der Waals surface area contributed by atoms with Gasteiger partial charge in [-0.25, -0.2) is 9.78 Å². The maximum atomic E-state index is 12.8. The fourth-order valence-corrected chi connectivity index (χ4v) is 3.48. The maximum absolute atomic E-state index is 12.8. The number of amides is 1. The zero-order valence-corrected chi connectivity index (χ0v) is 17.9. The zero-order chi connectivity index (χ0) is 23.3. The maximum Gasteiger partial charge on any atom is 0.417 e. The molecule has 1 amide bonds. The predicted octanol–water partition coefficient (Wildman–Crippen LogP) is 3.41. The number of ether oxygens (including phenoxy) is 2. The summed E-state index contributed by atoms with van der Waals surface area (Å²) in [5.74, 6) is -0.739. The minimum absolute atomic E-state index is 0.106. The van der Waals surface area contributed by atoms with E-state index in [-0.39, 0.29) is 16.7 Å². The summed E-state index contributed by atoms with van der Waals surface area (Å²) < 4.78 is 48.4. The van der Waals surface area contributed by atoms with E-state index in [1.165, 1.54) is 4.90 Å². The van der Waals surface area contributed by atoms with E-state index in [0.29, 0.717) is 38.3 Å². The van der Waals surface area contributed by atoms with Gasteiger partial charge >= 0.3 is 12.1 Å². The molecule has 0 spiro atoms. The van der Waals surface area contributed by atoms with Crippen LogP contribution in [0.25, 0.3) is 0 Å². The van der Waals surface area contributed by atoms with Crippen LogP contribution >= 0.6 is 11.6 Å². The number of esters is 1. The van der Waals surface area contributed by atoms with Gasteiger partial charge in [0.15, 0.2) is 6.61 Å². The molecule has 1 fully saturated rings. The third-order valence-electron chi connectivity index (χ3n) is 4.91. The highest BCUT2D eigenvalue weighted by Crippen LogP contribution is 2.33. The van der Waals surface area contributed by atoms with Crippen LogP contribution in [0.15, 0.2) is 36.5 Å². The van der Waals surface area contributed by atoms with Crippen LogP contribution in [-0.2, 0) is 27.1 Å². The fraction of sp³-hybridized carbons (Fsp3) is 0.381. The van der Waals surface area contributed by atoms with Gasteiger partial charge in [-0.15, -0.1) is 0 Å². The van der Waals surface area contributed by atoms with Crippen molar-refractivity contribution in [3.63, 3.8) is 0 Å². The van der Waals surface area contributed by atoms with Crippen molar-refractivity contribution in [2.24, 2.45) is 0 Å². The van der Waals surface area contributed by atoms with Gasteiger partial charge in [-0.05, 0) is 23.8 Å². The van der Waals surface area contributed by atoms with E-state index in [1.807, 2.05) is 0 Å². The van der Waals surface area contributed by atoms with Gasteiger partial charge in [0.2, 0.25) is 0 Å². The minimum atomic E-state index is -4.52. The van der Waals surface area contributed by atoms with E-state index < -0.39 is 24.3 Å². The molecular formula is C21H21ClF3N3O4. The predicted molar refractivity (Wildman–Crippen MR) is 110 cm³/mol. The monoisotopic (exact) mass is 471 g/mol. The summed E-state index contributed by atoms with van der Waals surface area (Å²) in [5.41, 5.74) is 0.307.